The lowest BCUT2D eigenvalue weighted by Gasteiger charge is -2.10. The van der Waals surface area contributed by atoms with Crippen molar-refractivity contribution in [2.75, 3.05) is 26.7 Å². The molecule has 0 aliphatic rings. The monoisotopic (exact) mass is 404 g/mol. The van der Waals surface area contributed by atoms with Crippen molar-refractivity contribution in [2.45, 2.75) is 25.2 Å². The van der Waals surface area contributed by atoms with E-state index in [0.29, 0.717) is 23.0 Å². The van der Waals surface area contributed by atoms with Gasteiger partial charge in [0, 0.05) is 13.1 Å². The lowest BCUT2D eigenvalue weighted by Crippen LogP contribution is -2.34. The van der Waals surface area contributed by atoms with Crippen LogP contribution < -0.4 is 20.5 Å². The largest absolute Gasteiger partial charge is 0.497 e. The van der Waals surface area contributed by atoms with Crippen molar-refractivity contribution in [1.82, 2.24) is 10.0 Å². The normalized spacial score (nSPS) is 12.0. The Labute approximate surface area is 167 Å². The van der Waals surface area contributed by atoms with Crippen LogP contribution in [-0.2, 0) is 16.4 Å². The average Bonchev–Trinajstić information content (AvgIpc) is 2.67. The third kappa shape index (κ3) is 6.54. The van der Waals surface area contributed by atoms with E-state index in [9.17, 15) is 8.42 Å². The summed E-state index contributed by atoms with van der Waals surface area (Å²) >= 11 is 0. The predicted octanol–water partition coefficient (Wildman–Crippen LogP) is 1.74. The van der Waals surface area contributed by atoms with E-state index < -0.39 is 10.0 Å². The van der Waals surface area contributed by atoms with E-state index in [4.69, 9.17) is 10.5 Å². The van der Waals surface area contributed by atoms with Crippen LogP contribution in [0, 0.1) is 13.8 Å². The van der Waals surface area contributed by atoms with Gasteiger partial charge in [0.15, 0.2) is 5.96 Å². The van der Waals surface area contributed by atoms with Gasteiger partial charge >= 0.3 is 0 Å². The Morgan fingerprint density at radius 3 is 2.50 bits per heavy atom. The molecule has 8 heteroatoms. The van der Waals surface area contributed by atoms with Crippen molar-refractivity contribution in [3.8, 4) is 5.75 Å². The summed E-state index contributed by atoms with van der Waals surface area (Å²) in [6, 6.07) is 13.2. The van der Waals surface area contributed by atoms with Crippen LogP contribution >= 0.6 is 0 Å². The molecule has 0 spiro atoms. The summed E-state index contributed by atoms with van der Waals surface area (Å²) in [5.41, 5.74) is 8.59. The van der Waals surface area contributed by atoms with Gasteiger partial charge in [-0.15, -0.1) is 0 Å². The molecular formula is C20H28N4O3S. The number of aliphatic imine (C=N–C) groups is 1. The molecule has 0 atom stereocenters. The second-order valence-electron chi connectivity index (χ2n) is 6.46. The topological polar surface area (TPSA) is 106 Å². The van der Waals surface area contributed by atoms with Crippen molar-refractivity contribution in [1.29, 1.82) is 0 Å². The molecule has 0 amide bonds. The highest BCUT2D eigenvalue weighted by Crippen LogP contribution is 2.16. The molecule has 2 rings (SSSR count). The third-order valence-electron chi connectivity index (χ3n) is 4.20. The van der Waals surface area contributed by atoms with Crippen molar-refractivity contribution < 1.29 is 13.2 Å². The second-order valence-corrected chi connectivity index (χ2v) is 8.19. The lowest BCUT2D eigenvalue weighted by atomic mass is 10.1. The van der Waals surface area contributed by atoms with Crippen molar-refractivity contribution in [3.05, 3.63) is 59.2 Å². The number of hydrogen-bond donors (Lipinski definition) is 3. The van der Waals surface area contributed by atoms with Crippen molar-refractivity contribution in [3.63, 3.8) is 0 Å². The average molecular weight is 405 g/mol. The van der Waals surface area contributed by atoms with Gasteiger partial charge in [-0.1, -0.05) is 24.3 Å². The number of nitrogens with one attached hydrogen (secondary N) is 2. The number of nitrogens with two attached hydrogens (primary N) is 1. The fourth-order valence-corrected chi connectivity index (χ4v) is 3.96. The molecule has 0 aliphatic heterocycles. The number of sulfonamides is 1. The fraction of sp³-hybridized carbons (Fsp3) is 0.350. The van der Waals surface area contributed by atoms with E-state index in [1.165, 1.54) is 0 Å². The smallest absolute Gasteiger partial charge is 0.240 e. The Morgan fingerprint density at radius 2 is 1.82 bits per heavy atom. The molecule has 7 nitrogen and oxygen atoms in total. The molecule has 0 bridgehead atoms. The SMILES string of the molecule is COc1ccc(CCNC(N)=NCCNS(=O)(=O)c2cc(C)ccc2C)cc1. The fourth-order valence-electron chi connectivity index (χ4n) is 2.61. The lowest BCUT2D eigenvalue weighted by molar-refractivity contribution is 0.414. The zero-order valence-corrected chi connectivity index (χ0v) is 17.3. The van der Waals surface area contributed by atoms with Crippen LogP contribution in [0.25, 0.3) is 0 Å². The maximum Gasteiger partial charge on any atom is 0.240 e. The van der Waals surface area contributed by atoms with Crippen LogP contribution in [0.5, 0.6) is 5.75 Å². The first-order valence-electron chi connectivity index (χ1n) is 9.05. The Bertz CT molecular complexity index is 910. The number of benzene rings is 2. The zero-order valence-electron chi connectivity index (χ0n) is 16.5. The summed E-state index contributed by atoms with van der Waals surface area (Å²) in [6.07, 6.45) is 0.791. The van der Waals surface area contributed by atoms with Gasteiger partial charge < -0.3 is 15.8 Å². The van der Waals surface area contributed by atoms with Gasteiger partial charge in [0.25, 0.3) is 0 Å². The maximum absolute atomic E-state index is 12.4. The summed E-state index contributed by atoms with van der Waals surface area (Å²) in [5.74, 6) is 1.11. The Kier molecular flexibility index (Phi) is 7.83. The number of guanidine groups is 1. The van der Waals surface area contributed by atoms with Gasteiger partial charge in [0.1, 0.15) is 5.75 Å². The molecule has 0 aromatic heterocycles. The van der Waals surface area contributed by atoms with E-state index >= 15 is 0 Å². The number of rotatable bonds is 9. The minimum Gasteiger partial charge on any atom is -0.497 e. The third-order valence-corrected chi connectivity index (χ3v) is 5.80. The molecule has 2 aromatic carbocycles. The molecule has 2 aromatic rings. The van der Waals surface area contributed by atoms with Crippen LogP contribution in [0.15, 0.2) is 52.4 Å². The van der Waals surface area contributed by atoms with Crippen LogP contribution in [0.2, 0.25) is 0 Å². The van der Waals surface area contributed by atoms with Gasteiger partial charge in [-0.2, -0.15) is 0 Å². The number of hydrogen-bond acceptors (Lipinski definition) is 4. The van der Waals surface area contributed by atoms with Gasteiger partial charge in [0.2, 0.25) is 10.0 Å². The molecule has 0 saturated carbocycles. The highest BCUT2D eigenvalue weighted by atomic mass is 32.2. The van der Waals surface area contributed by atoms with E-state index in [2.05, 4.69) is 15.0 Å². The Balaban J connectivity index is 1.76. The summed E-state index contributed by atoms with van der Waals surface area (Å²) in [7, 11) is -1.93. The highest BCUT2D eigenvalue weighted by Gasteiger charge is 2.16. The molecule has 0 radical (unpaired) electrons. The highest BCUT2D eigenvalue weighted by molar-refractivity contribution is 7.89. The van der Waals surface area contributed by atoms with E-state index in [0.717, 1.165) is 23.3 Å². The molecule has 0 fully saturated rings. The van der Waals surface area contributed by atoms with Gasteiger partial charge in [0.05, 0.1) is 18.6 Å². The summed E-state index contributed by atoms with van der Waals surface area (Å²) in [6.45, 7) is 4.70. The number of nitrogens with zero attached hydrogens (tertiary/aromatic N) is 1. The number of ether oxygens (including phenoxy) is 1. The molecule has 0 unspecified atom stereocenters. The van der Waals surface area contributed by atoms with Crippen molar-refractivity contribution in [2.24, 2.45) is 10.7 Å². The Hall–Kier alpha value is -2.58. The van der Waals surface area contributed by atoms with E-state index in [1.807, 2.05) is 37.3 Å². The molecule has 0 heterocycles. The van der Waals surface area contributed by atoms with Gasteiger partial charge in [-0.05, 0) is 55.2 Å². The zero-order chi connectivity index (χ0) is 20.6. The molecule has 4 N–H and O–H groups in total. The quantitative estimate of drug-likeness (QED) is 0.335. The molecule has 0 aliphatic carbocycles. The Morgan fingerprint density at radius 1 is 1.11 bits per heavy atom. The minimum atomic E-state index is -3.56. The molecular weight excluding hydrogens is 376 g/mol. The standard InChI is InChI=1S/C20H28N4O3S/c1-15-4-5-16(2)19(14-15)28(25,26)24-13-12-23-20(21)22-11-10-17-6-8-18(27-3)9-7-17/h4-9,14,24H,10-13H2,1-3H3,(H3,21,22,23). The van der Waals surface area contributed by atoms with Crippen LogP contribution in [0.4, 0.5) is 0 Å². The van der Waals surface area contributed by atoms with Gasteiger partial charge in [-0.25, -0.2) is 13.1 Å². The number of aryl methyl sites for hydroxylation is 2. The summed E-state index contributed by atoms with van der Waals surface area (Å²) in [4.78, 5) is 4.45. The molecule has 152 valence electrons. The first-order valence-corrected chi connectivity index (χ1v) is 10.5. The van der Waals surface area contributed by atoms with E-state index in [-0.39, 0.29) is 13.1 Å². The van der Waals surface area contributed by atoms with Crippen LogP contribution in [-0.4, -0.2) is 41.1 Å². The molecule has 0 saturated heterocycles. The van der Waals surface area contributed by atoms with E-state index in [1.54, 1.807) is 26.2 Å². The van der Waals surface area contributed by atoms with Crippen molar-refractivity contribution >= 4 is 16.0 Å². The summed E-state index contributed by atoms with van der Waals surface area (Å²) in [5, 5.41) is 3.02. The summed E-state index contributed by atoms with van der Waals surface area (Å²) < 4.78 is 32.5. The van der Waals surface area contributed by atoms with Gasteiger partial charge in [-0.3, -0.25) is 4.99 Å². The second kappa shape index (κ2) is 10.1. The first-order chi connectivity index (χ1) is 13.3. The predicted molar refractivity (Wildman–Crippen MR) is 112 cm³/mol. The maximum atomic E-state index is 12.4. The van der Waals surface area contributed by atoms with Crippen LogP contribution in [0.1, 0.15) is 16.7 Å². The minimum absolute atomic E-state index is 0.177. The first kappa shape index (κ1) is 21.7. The molecule has 28 heavy (non-hydrogen) atoms. The van der Waals surface area contributed by atoms with Crippen LogP contribution in [0.3, 0.4) is 0 Å². The number of methoxy groups -OCH3 is 1.